The van der Waals surface area contributed by atoms with Crippen molar-refractivity contribution in [2.75, 3.05) is 6.61 Å². The predicted octanol–water partition coefficient (Wildman–Crippen LogP) is 11.7. The second-order valence-corrected chi connectivity index (χ2v) is 12.1. The zero-order valence-corrected chi connectivity index (χ0v) is 28.3. The van der Waals surface area contributed by atoms with Gasteiger partial charge in [-0.15, -0.1) is 0 Å². The van der Waals surface area contributed by atoms with Gasteiger partial charge in [-0.05, 0) is 54.7 Å². The predicted molar refractivity (Wildman–Crippen MR) is 175 cm³/mol. The molecular weight excluding hydrogens is 669 g/mol. The van der Waals surface area contributed by atoms with Gasteiger partial charge in [-0.2, -0.15) is 13.2 Å². The van der Waals surface area contributed by atoms with Gasteiger partial charge in [0.1, 0.15) is 22.6 Å². The Morgan fingerprint density at radius 3 is 1.48 bits per heavy atom. The lowest BCUT2D eigenvalue weighted by Crippen LogP contribution is -2.34. The zero-order valence-electron chi connectivity index (χ0n) is 28.3. The molecule has 0 radical (unpaired) electrons. The van der Waals surface area contributed by atoms with Crippen LogP contribution in [0, 0.1) is 23.3 Å². The minimum atomic E-state index is -5.10. The molecule has 3 aromatic carbocycles. The maximum absolute atomic E-state index is 14.9. The molecule has 1 unspecified atom stereocenters. The molecule has 0 aromatic heterocycles. The molecule has 0 saturated heterocycles. The average Bonchev–Trinajstić information content (AvgIpc) is 3.08. The Kier molecular flexibility index (Phi) is 16.1. The third-order valence-corrected chi connectivity index (χ3v) is 8.13. The maximum Gasteiger partial charge on any atom is 0.425 e. The van der Waals surface area contributed by atoms with E-state index in [2.05, 4.69) is 11.7 Å². The second-order valence-electron chi connectivity index (χ2n) is 12.1. The summed E-state index contributed by atoms with van der Waals surface area (Å²) in [6.07, 6.45) is 2.62. The topological polar surface area (TPSA) is 61.8 Å². The van der Waals surface area contributed by atoms with E-state index in [4.69, 9.17) is 9.47 Å². The van der Waals surface area contributed by atoms with Crippen LogP contribution < -0.4 is 9.47 Å². The summed E-state index contributed by atoms with van der Waals surface area (Å²) in [6.45, 7) is 4.62. The number of hydrogen-bond donors (Lipinski definition) is 0. The molecule has 0 N–H and O–H groups in total. The first-order valence-corrected chi connectivity index (χ1v) is 17.1. The van der Waals surface area contributed by atoms with Gasteiger partial charge in [-0.25, -0.2) is 27.2 Å². The van der Waals surface area contributed by atoms with Crippen molar-refractivity contribution in [2.24, 2.45) is 0 Å². The van der Waals surface area contributed by atoms with Gasteiger partial charge < -0.3 is 14.2 Å². The molecule has 0 aliphatic carbocycles. The lowest BCUT2D eigenvalue weighted by molar-refractivity contribution is -0.206. The Morgan fingerprint density at radius 2 is 1.00 bits per heavy atom. The Hall–Kier alpha value is -4.09. The van der Waals surface area contributed by atoms with Gasteiger partial charge >= 0.3 is 18.1 Å². The van der Waals surface area contributed by atoms with E-state index in [0.29, 0.717) is 37.2 Å². The van der Waals surface area contributed by atoms with Crippen molar-refractivity contribution < 1.29 is 54.5 Å². The highest BCUT2D eigenvalue weighted by Crippen LogP contribution is 2.32. The van der Waals surface area contributed by atoms with E-state index in [1.54, 1.807) is 12.1 Å². The van der Waals surface area contributed by atoms with E-state index >= 15 is 0 Å². The van der Waals surface area contributed by atoms with Crippen molar-refractivity contribution in [1.82, 2.24) is 0 Å². The summed E-state index contributed by atoms with van der Waals surface area (Å²) in [5.74, 6) is -13.1. The van der Waals surface area contributed by atoms with Crippen LogP contribution in [0.25, 0.3) is 11.1 Å². The van der Waals surface area contributed by atoms with Gasteiger partial charge in [0.2, 0.25) is 0 Å². The van der Waals surface area contributed by atoms with Crippen LogP contribution >= 0.6 is 0 Å². The molecule has 0 aliphatic rings. The number of esters is 2. The fourth-order valence-corrected chi connectivity index (χ4v) is 5.27. The Morgan fingerprint density at radius 1 is 0.580 bits per heavy atom. The Balaban J connectivity index is 1.61. The minimum absolute atomic E-state index is 0.0224. The molecule has 0 bridgehead atoms. The summed E-state index contributed by atoms with van der Waals surface area (Å²) in [7, 11) is 0. The zero-order chi connectivity index (χ0) is 36.7. The second kappa shape index (κ2) is 19.9. The van der Waals surface area contributed by atoms with E-state index in [9.17, 15) is 40.3 Å². The Bertz CT molecular complexity index is 1490. The highest BCUT2D eigenvalue weighted by atomic mass is 19.4. The molecule has 0 saturated carbocycles. The number of unbranched alkanes of at least 4 members (excludes halogenated alkanes) is 10. The standard InChI is InChI=1S/C38H43F7O5/c1-3-5-7-9-10-11-12-14-24-48-27-20-16-25(17-21-27)26-18-22-28(23-19-26)49-36(46)30-32(39)34(41)31(35(42)33(30)40)37(47)50-29(38(43,44)45)15-13-8-6-4-2/h16-23,29H,3-15,24H2,1-2H3. The average molecular weight is 713 g/mol. The first-order valence-electron chi connectivity index (χ1n) is 17.1. The van der Waals surface area contributed by atoms with Crippen molar-refractivity contribution in [2.45, 2.75) is 110 Å². The van der Waals surface area contributed by atoms with Crippen LogP contribution in [0.2, 0.25) is 0 Å². The monoisotopic (exact) mass is 712 g/mol. The van der Waals surface area contributed by atoms with Gasteiger partial charge in [0.25, 0.3) is 0 Å². The van der Waals surface area contributed by atoms with Gasteiger partial charge in [0.15, 0.2) is 29.4 Å². The highest BCUT2D eigenvalue weighted by Gasteiger charge is 2.44. The van der Waals surface area contributed by atoms with Crippen molar-refractivity contribution in [3.63, 3.8) is 0 Å². The molecule has 0 spiro atoms. The van der Waals surface area contributed by atoms with E-state index in [1.807, 2.05) is 19.1 Å². The first kappa shape index (κ1) is 40.3. The Labute approximate surface area is 288 Å². The molecule has 3 rings (SSSR count). The number of rotatable bonds is 20. The molecule has 0 fully saturated rings. The van der Waals surface area contributed by atoms with Gasteiger partial charge in [-0.3, -0.25) is 0 Å². The first-order chi connectivity index (χ1) is 23.9. The molecule has 3 aromatic rings. The number of carbonyl (C=O) groups excluding carboxylic acids is 2. The number of benzene rings is 3. The summed E-state index contributed by atoms with van der Waals surface area (Å²) >= 11 is 0. The summed E-state index contributed by atoms with van der Waals surface area (Å²) in [4.78, 5) is 24.9. The molecule has 0 amide bonds. The quantitative estimate of drug-likeness (QED) is 0.0384. The number of ether oxygens (including phenoxy) is 3. The van der Waals surface area contributed by atoms with E-state index in [0.717, 1.165) is 18.4 Å². The van der Waals surface area contributed by atoms with Gasteiger partial charge in [0, 0.05) is 0 Å². The number of alkyl halides is 3. The van der Waals surface area contributed by atoms with Crippen LogP contribution in [0.1, 0.15) is 118 Å². The van der Waals surface area contributed by atoms with Crippen LogP contribution in [-0.2, 0) is 4.74 Å². The van der Waals surface area contributed by atoms with Crippen LogP contribution in [0.15, 0.2) is 48.5 Å². The van der Waals surface area contributed by atoms with Crippen molar-refractivity contribution >= 4 is 11.9 Å². The molecule has 274 valence electrons. The third kappa shape index (κ3) is 11.8. The molecule has 0 heterocycles. The third-order valence-electron chi connectivity index (χ3n) is 8.13. The summed E-state index contributed by atoms with van der Waals surface area (Å²) < 4.78 is 115. The summed E-state index contributed by atoms with van der Waals surface area (Å²) in [5, 5.41) is 0. The maximum atomic E-state index is 14.9. The molecule has 12 heteroatoms. The van der Waals surface area contributed by atoms with Crippen molar-refractivity contribution in [3.05, 3.63) is 82.9 Å². The highest BCUT2D eigenvalue weighted by molar-refractivity contribution is 5.95. The van der Waals surface area contributed by atoms with Crippen molar-refractivity contribution in [1.29, 1.82) is 0 Å². The fourth-order valence-electron chi connectivity index (χ4n) is 5.27. The van der Waals surface area contributed by atoms with Crippen molar-refractivity contribution in [3.8, 4) is 22.6 Å². The van der Waals surface area contributed by atoms with E-state index in [1.165, 1.54) is 62.8 Å². The molecular formula is C38H43F7O5. The van der Waals surface area contributed by atoms with Crippen LogP contribution in [-0.4, -0.2) is 30.8 Å². The molecule has 5 nitrogen and oxygen atoms in total. The fraction of sp³-hybridized carbons (Fsp3) is 0.474. The number of halogens is 7. The van der Waals surface area contributed by atoms with Gasteiger partial charge in [0.05, 0.1) is 6.61 Å². The summed E-state index contributed by atoms with van der Waals surface area (Å²) in [6, 6.07) is 12.9. The smallest absolute Gasteiger partial charge is 0.425 e. The largest absolute Gasteiger partial charge is 0.494 e. The van der Waals surface area contributed by atoms with Crippen LogP contribution in [0.4, 0.5) is 30.7 Å². The van der Waals surface area contributed by atoms with Gasteiger partial charge in [-0.1, -0.05) is 102 Å². The number of carbonyl (C=O) groups is 2. The van der Waals surface area contributed by atoms with Crippen LogP contribution in [0.5, 0.6) is 11.5 Å². The molecule has 1 atom stereocenters. The van der Waals surface area contributed by atoms with E-state index < -0.39 is 65.0 Å². The molecule has 0 aliphatic heterocycles. The van der Waals surface area contributed by atoms with E-state index in [-0.39, 0.29) is 12.2 Å². The molecule has 50 heavy (non-hydrogen) atoms. The summed E-state index contributed by atoms with van der Waals surface area (Å²) in [5.41, 5.74) is -2.39. The number of hydrogen-bond acceptors (Lipinski definition) is 5. The normalized spacial score (nSPS) is 12.1. The van der Waals surface area contributed by atoms with Crippen LogP contribution in [0.3, 0.4) is 0 Å². The lowest BCUT2D eigenvalue weighted by Gasteiger charge is -2.21. The SMILES string of the molecule is CCCCCCCCCCOc1ccc(-c2ccc(OC(=O)c3c(F)c(F)c(C(=O)OC(CCCCCC)C(F)(F)F)c(F)c3F)cc2)cc1. The lowest BCUT2D eigenvalue weighted by atomic mass is 10.1. The minimum Gasteiger partial charge on any atom is -0.494 e.